The maximum Gasteiger partial charge on any atom is 0.266 e. The van der Waals surface area contributed by atoms with Crippen molar-refractivity contribution in [2.45, 2.75) is 51.5 Å². The van der Waals surface area contributed by atoms with E-state index in [2.05, 4.69) is 19.9 Å². The monoisotopic (exact) mass is 342 g/mol. The third kappa shape index (κ3) is 2.83. The van der Waals surface area contributed by atoms with Gasteiger partial charge in [-0.3, -0.25) is 4.79 Å². The number of thiazole rings is 1. The van der Waals surface area contributed by atoms with Gasteiger partial charge in [-0.1, -0.05) is 12.8 Å². The summed E-state index contributed by atoms with van der Waals surface area (Å²) in [4.78, 5) is 29.1. The number of amides is 1. The minimum absolute atomic E-state index is 0.156. The number of aryl methyl sites for hydroxylation is 1. The van der Waals surface area contributed by atoms with E-state index in [1.807, 2.05) is 6.92 Å². The van der Waals surface area contributed by atoms with Crippen LogP contribution in [0.2, 0.25) is 0 Å². The van der Waals surface area contributed by atoms with Crippen LogP contribution in [0.25, 0.3) is 10.8 Å². The van der Waals surface area contributed by atoms with Gasteiger partial charge in [0.2, 0.25) is 0 Å². The fourth-order valence-electron chi connectivity index (χ4n) is 4.11. The van der Waals surface area contributed by atoms with Crippen LogP contribution < -0.4 is 0 Å². The lowest BCUT2D eigenvalue weighted by atomic mass is 9.78. The molecule has 3 heterocycles. The van der Waals surface area contributed by atoms with Gasteiger partial charge in [0, 0.05) is 25.0 Å². The summed E-state index contributed by atoms with van der Waals surface area (Å²) in [5, 5.41) is 0.730. The fraction of sp³-hybridized carbons (Fsp3) is 0.556. The molecule has 0 radical (unpaired) electrons. The van der Waals surface area contributed by atoms with Gasteiger partial charge in [-0.05, 0) is 44.6 Å². The first-order chi connectivity index (χ1) is 11.7. The molecular formula is C18H22N4OS. The van der Waals surface area contributed by atoms with Gasteiger partial charge in [0.15, 0.2) is 10.8 Å². The molecule has 4 rings (SSSR count). The summed E-state index contributed by atoms with van der Waals surface area (Å²) >= 11 is 1.43. The summed E-state index contributed by atoms with van der Waals surface area (Å²) in [6.07, 6.45) is 10.8. The Labute approximate surface area is 146 Å². The first kappa shape index (κ1) is 15.7. The highest BCUT2D eigenvalue weighted by Crippen LogP contribution is 2.37. The Balaban J connectivity index is 1.61. The van der Waals surface area contributed by atoms with Crippen LogP contribution in [-0.4, -0.2) is 38.3 Å². The number of rotatable bonds is 2. The highest BCUT2D eigenvalue weighted by atomic mass is 32.1. The first-order valence-electron chi connectivity index (χ1n) is 8.80. The van der Waals surface area contributed by atoms with E-state index in [0.29, 0.717) is 17.8 Å². The Bertz CT molecular complexity index is 728. The molecule has 6 heteroatoms. The maximum atomic E-state index is 13.2. The first-order valence-corrected chi connectivity index (χ1v) is 9.61. The summed E-state index contributed by atoms with van der Waals surface area (Å²) in [5.41, 5.74) is 0.797. The maximum absolute atomic E-state index is 13.2. The number of aromatic nitrogens is 3. The van der Waals surface area contributed by atoms with Crippen LogP contribution in [0.1, 0.15) is 53.9 Å². The SMILES string of the molecule is Cc1nc(-c2ncccn2)sc1C(=O)N1CCC[C@@H]2CCCC[C@H]21. The lowest BCUT2D eigenvalue weighted by Gasteiger charge is -2.44. The minimum atomic E-state index is 0.156. The molecule has 5 nitrogen and oxygen atoms in total. The van der Waals surface area contributed by atoms with Crippen LogP contribution >= 0.6 is 11.3 Å². The highest BCUT2D eigenvalue weighted by Gasteiger charge is 2.37. The molecule has 1 aliphatic carbocycles. The van der Waals surface area contributed by atoms with Crippen LogP contribution in [0.3, 0.4) is 0 Å². The number of piperidine rings is 1. The number of likely N-dealkylation sites (tertiary alicyclic amines) is 1. The third-order valence-electron chi connectivity index (χ3n) is 5.25. The number of carbonyl (C=O) groups is 1. The summed E-state index contributed by atoms with van der Waals surface area (Å²) in [5.74, 6) is 1.45. The summed E-state index contributed by atoms with van der Waals surface area (Å²) in [6, 6.07) is 2.21. The fourth-order valence-corrected chi connectivity index (χ4v) is 5.08. The zero-order valence-corrected chi connectivity index (χ0v) is 14.8. The number of hydrogen-bond donors (Lipinski definition) is 0. The quantitative estimate of drug-likeness (QED) is 0.835. The van der Waals surface area contributed by atoms with Gasteiger partial charge in [0.25, 0.3) is 5.91 Å². The molecule has 2 aromatic rings. The molecule has 0 aromatic carbocycles. The second-order valence-corrected chi connectivity index (χ2v) is 7.76. The molecule has 126 valence electrons. The molecule has 0 bridgehead atoms. The van der Waals surface area contributed by atoms with Gasteiger partial charge < -0.3 is 4.90 Å². The van der Waals surface area contributed by atoms with Crippen molar-refractivity contribution in [2.24, 2.45) is 5.92 Å². The second-order valence-electron chi connectivity index (χ2n) is 6.76. The molecule has 1 aliphatic heterocycles. The van der Waals surface area contributed by atoms with Gasteiger partial charge in [-0.2, -0.15) is 0 Å². The van der Waals surface area contributed by atoms with Gasteiger partial charge >= 0.3 is 0 Å². The smallest absolute Gasteiger partial charge is 0.266 e. The van der Waals surface area contributed by atoms with Crippen molar-refractivity contribution in [3.63, 3.8) is 0 Å². The largest absolute Gasteiger partial charge is 0.335 e. The summed E-state index contributed by atoms with van der Waals surface area (Å²) < 4.78 is 0. The van der Waals surface area contributed by atoms with Crippen molar-refractivity contribution in [3.8, 4) is 10.8 Å². The van der Waals surface area contributed by atoms with Crippen molar-refractivity contribution < 1.29 is 4.79 Å². The van der Waals surface area contributed by atoms with Crippen molar-refractivity contribution in [1.82, 2.24) is 19.9 Å². The Hall–Kier alpha value is -1.82. The predicted octanol–water partition coefficient (Wildman–Crippen LogP) is 3.70. The van der Waals surface area contributed by atoms with E-state index < -0.39 is 0 Å². The Morgan fingerprint density at radius 2 is 1.92 bits per heavy atom. The molecule has 2 aliphatic rings. The number of hydrogen-bond acceptors (Lipinski definition) is 5. The minimum Gasteiger partial charge on any atom is -0.335 e. The molecule has 1 saturated heterocycles. The van der Waals surface area contributed by atoms with Crippen LogP contribution in [0.5, 0.6) is 0 Å². The molecule has 0 spiro atoms. The molecule has 0 N–H and O–H groups in total. The lowest BCUT2D eigenvalue weighted by molar-refractivity contribution is 0.0394. The van der Waals surface area contributed by atoms with Crippen molar-refractivity contribution in [2.75, 3.05) is 6.54 Å². The third-order valence-corrected chi connectivity index (χ3v) is 6.39. The van der Waals surface area contributed by atoms with Crippen LogP contribution in [-0.2, 0) is 0 Å². The molecule has 2 aromatic heterocycles. The molecular weight excluding hydrogens is 320 g/mol. The zero-order chi connectivity index (χ0) is 16.5. The Kier molecular flexibility index (Phi) is 4.31. The van der Waals surface area contributed by atoms with Crippen molar-refractivity contribution >= 4 is 17.2 Å². The van der Waals surface area contributed by atoms with Crippen molar-refractivity contribution in [1.29, 1.82) is 0 Å². The summed E-state index contributed by atoms with van der Waals surface area (Å²) in [6.45, 7) is 2.80. The van der Waals surface area contributed by atoms with E-state index in [0.717, 1.165) is 35.0 Å². The average molecular weight is 342 g/mol. The Morgan fingerprint density at radius 3 is 2.75 bits per heavy atom. The van der Waals surface area contributed by atoms with E-state index in [1.54, 1.807) is 18.5 Å². The topological polar surface area (TPSA) is 59.0 Å². The van der Waals surface area contributed by atoms with Gasteiger partial charge in [-0.25, -0.2) is 15.0 Å². The van der Waals surface area contributed by atoms with Crippen LogP contribution in [0.4, 0.5) is 0 Å². The predicted molar refractivity (Wildman–Crippen MR) is 93.9 cm³/mol. The molecule has 24 heavy (non-hydrogen) atoms. The Morgan fingerprint density at radius 1 is 1.17 bits per heavy atom. The molecule has 1 saturated carbocycles. The highest BCUT2D eigenvalue weighted by molar-refractivity contribution is 7.17. The molecule has 0 unspecified atom stereocenters. The zero-order valence-electron chi connectivity index (χ0n) is 13.9. The van der Waals surface area contributed by atoms with E-state index in [-0.39, 0.29) is 5.91 Å². The molecule has 2 fully saturated rings. The van der Waals surface area contributed by atoms with Crippen molar-refractivity contribution in [3.05, 3.63) is 29.0 Å². The average Bonchev–Trinajstić information content (AvgIpc) is 3.03. The molecule has 1 amide bonds. The van der Waals surface area contributed by atoms with E-state index in [9.17, 15) is 4.79 Å². The number of nitrogens with zero attached hydrogens (tertiary/aromatic N) is 4. The van der Waals surface area contributed by atoms with E-state index in [1.165, 1.54) is 37.0 Å². The normalized spacial score (nSPS) is 23.8. The van der Waals surface area contributed by atoms with E-state index in [4.69, 9.17) is 0 Å². The lowest BCUT2D eigenvalue weighted by Crippen LogP contribution is -2.49. The van der Waals surface area contributed by atoms with Gasteiger partial charge in [0.1, 0.15) is 4.88 Å². The van der Waals surface area contributed by atoms with Gasteiger partial charge in [0.05, 0.1) is 5.69 Å². The summed E-state index contributed by atoms with van der Waals surface area (Å²) in [7, 11) is 0. The molecule has 2 atom stereocenters. The van der Waals surface area contributed by atoms with E-state index >= 15 is 0 Å². The second kappa shape index (κ2) is 6.59. The van der Waals surface area contributed by atoms with Gasteiger partial charge in [-0.15, -0.1) is 11.3 Å². The van der Waals surface area contributed by atoms with Crippen LogP contribution in [0.15, 0.2) is 18.5 Å². The van der Waals surface area contributed by atoms with Crippen LogP contribution in [0, 0.1) is 12.8 Å². The standard InChI is InChI=1S/C18H22N4OS/c1-12-15(24-17(21-12)16-19-9-5-10-20-16)18(23)22-11-4-7-13-6-2-3-8-14(13)22/h5,9-10,13-14H,2-4,6-8,11H2,1H3/t13-,14+/m0/s1. The number of carbonyl (C=O) groups excluding carboxylic acids is 1. The number of fused-ring (bicyclic) bond motifs is 1.